The molecule has 0 aliphatic heterocycles. The van der Waals surface area contributed by atoms with Crippen LogP contribution in [0.3, 0.4) is 0 Å². The van der Waals surface area contributed by atoms with Crippen LogP contribution >= 0.6 is 0 Å². The molecular weight excluding hydrogens is 222 g/mol. The fourth-order valence-electron chi connectivity index (χ4n) is 2.26. The zero-order chi connectivity index (χ0) is 14.0. The van der Waals surface area contributed by atoms with Crippen molar-refractivity contribution in [3.05, 3.63) is 0 Å². The summed E-state index contributed by atoms with van der Waals surface area (Å²) in [6, 6.07) is 1.22. The van der Waals surface area contributed by atoms with Gasteiger partial charge in [-0.15, -0.1) is 0 Å². The van der Waals surface area contributed by atoms with Gasteiger partial charge in [0, 0.05) is 18.6 Å². The maximum Gasteiger partial charge on any atom is 0.0192 e. The predicted molar refractivity (Wildman–Crippen MR) is 82.3 cm³/mol. The van der Waals surface area contributed by atoms with E-state index >= 15 is 0 Å². The van der Waals surface area contributed by atoms with Crippen molar-refractivity contribution < 1.29 is 0 Å². The summed E-state index contributed by atoms with van der Waals surface area (Å²) in [5, 5.41) is 3.53. The quantitative estimate of drug-likeness (QED) is 0.613. The first-order valence-electron chi connectivity index (χ1n) is 7.74. The molecule has 0 amide bonds. The summed E-state index contributed by atoms with van der Waals surface area (Å²) >= 11 is 0. The molecule has 18 heavy (non-hydrogen) atoms. The predicted octanol–water partition coefficient (Wildman–Crippen LogP) is 2.43. The Morgan fingerprint density at radius 3 is 1.94 bits per heavy atom. The van der Waals surface area contributed by atoms with E-state index in [2.05, 4.69) is 56.7 Å². The fraction of sp³-hybridized carbons (Fsp3) is 1.00. The van der Waals surface area contributed by atoms with Gasteiger partial charge >= 0.3 is 0 Å². The molecule has 1 N–H and O–H groups in total. The second kappa shape index (κ2) is 10.8. The van der Waals surface area contributed by atoms with Crippen LogP contribution in [0.5, 0.6) is 0 Å². The average molecular weight is 257 g/mol. The van der Waals surface area contributed by atoms with Gasteiger partial charge in [0.2, 0.25) is 0 Å². The molecule has 1 unspecified atom stereocenters. The molecule has 1 atom stereocenters. The molecule has 3 heteroatoms. The van der Waals surface area contributed by atoms with Gasteiger partial charge in [-0.2, -0.15) is 0 Å². The maximum absolute atomic E-state index is 3.53. The summed E-state index contributed by atoms with van der Waals surface area (Å²) in [5.41, 5.74) is 0. The minimum Gasteiger partial charge on any atom is -0.313 e. The van der Waals surface area contributed by atoms with Gasteiger partial charge in [-0.3, -0.25) is 4.90 Å². The monoisotopic (exact) mass is 257 g/mol. The Labute approximate surface area is 115 Å². The lowest BCUT2D eigenvalue weighted by atomic mass is 10.2. The highest BCUT2D eigenvalue weighted by atomic mass is 15.2. The van der Waals surface area contributed by atoms with E-state index in [9.17, 15) is 0 Å². The summed E-state index contributed by atoms with van der Waals surface area (Å²) in [6.07, 6.45) is 1.28. The number of hydrogen-bond donors (Lipinski definition) is 1. The topological polar surface area (TPSA) is 18.5 Å². The number of nitrogens with one attached hydrogen (secondary N) is 1. The molecule has 0 aromatic rings. The summed E-state index contributed by atoms with van der Waals surface area (Å²) in [7, 11) is 0. The molecule has 0 aromatic heterocycles. The molecule has 0 saturated carbocycles. The van der Waals surface area contributed by atoms with E-state index < -0.39 is 0 Å². The SMILES string of the molecule is CCN(CC)CCCN(CC)C(C)CNC(C)C. The van der Waals surface area contributed by atoms with Gasteiger partial charge in [0.1, 0.15) is 0 Å². The first-order chi connectivity index (χ1) is 8.54. The van der Waals surface area contributed by atoms with Crippen molar-refractivity contribution in [1.29, 1.82) is 0 Å². The molecule has 3 nitrogen and oxygen atoms in total. The van der Waals surface area contributed by atoms with Gasteiger partial charge in [0.05, 0.1) is 0 Å². The molecule has 0 heterocycles. The van der Waals surface area contributed by atoms with Gasteiger partial charge in [0.15, 0.2) is 0 Å². The Balaban J connectivity index is 3.87. The summed E-state index contributed by atoms with van der Waals surface area (Å²) in [4.78, 5) is 5.09. The molecule has 0 aliphatic rings. The largest absolute Gasteiger partial charge is 0.313 e. The molecule has 0 spiro atoms. The third kappa shape index (κ3) is 8.06. The van der Waals surface area contributed by atoms with Crippen LogP contribution in [0.4, 0.5) is 0 Å². The highest BCUT2D eigenvalue weighted by Gasteiger charge is 2.12. The Morgan fingerprint density at radius 1 is 0.889 bits per heavy atom. The van der Waals surface area contributed by atoms with Crippen molar-refractivity contribution in [2.45, 2.75) is 60.0 Å². The Bertz CT molecular complexity index is 179. The normalized spacial score (nSPS) is 13.8. The van der Waals surface area contributed by atoms with E-state index in [0.717, 1.165) is 13.1 Å². The molecule has 0 aromatic carbocycles. The van der Waals surface area contributed by atoms with E-state index in [-0.39, 0.29) is 0 Å². The minimum absolute atomic E-state index is 0.585. The molecular formula is C15H35N3. The lowest BCUT2D eigenvalue weighted by Gasteiger charge is -2.29. The molecule has 0 aliphatic carbocycles. The first-order valence-corrected chi connectivity index (χ1v) is 7.74. The van der Waals surface area contributed by atoms with E-state index in [0.29, 0.717) is 12.1 Å². The van der Waals surface area contributed by atoms with Gasteiger partial charge in [-0.25, -0.2) is 0 Å². The van der Waals surface area contributed by atoms with Crippen molar-refractivity contribution in [3.63, 3.8) is 0 Å². The van der Waals surface area contributed by atoms with Crippen molar-refractivity contribution in [2.75, 3.05) is 39.3 Å². The molecule has 110 valence electrons. The highest BCUT2D eigenvalue weighted by Crippen LogP contribution is 2.01. The fourth-order valence-corrected chi connectivity index (χ4v) is 2.26. The standard InChI is InChI=1S/C15H35N3/c1-7-17(8-2)11-10-12-18(9-3)15(6)13-16-14(4)5/h14-16H,7-13H2,1-6H3. The highest BCUT2D eigenvalue weighted by molar-refractivity contribution is 4.70. The van der Waals surface area contributed by atoms with Gasteiger partial charge < -0.3 is 10.2 Å². The van der Waals surface area contributed by atoms with Gasteiger partial charge in [-0.05, 0) is 46.1 Å². The second-order valence-corrected chi connectivity index (χ2v) is 5.42. The lowest BCUT2D eigenvalue weighted by Crippen LogP contribution is -2.43. The molecule has 0 bridgehead atoms. The molecule has 0 saturated heterocycles. The number of nitrogens with zero attached hydrogens (tertiary/aromatic N) is 2. The van der Waals surface area contributed by atoms with Crippen LogP contribution in [-0.2, 0) is 0 Å². The number of rotatable bonds is 11. The van der Waals surface area contributed by atoms with Gasteiger partial charge in [0.25, 0.3) is 0 Å². The van der Waals surface area contributed by atoms with Crippen molar-refractivity contribution in [3.8, 4) is 0 Å². The lowest BCUT2D eigenvalue weighted by molar-refractivity contribution is 0.194. The smallest absolute Gasteiger partial charge is 0.0192 e. The number of hydrogen-bond acceptors (Lipinski definition) is 3. The van der Waals surface area contributed by atoms with E-state index in [1.165, 1.54) is 32.6 Å². The van der Waals surface area contributed by atoms with E-state index in [1.807, 2.05) is 0 Å². The van der Waals surface area contributed by atoms with Crippen molar-refractivity contribution >= 4 is 0 Å². The van der Waals surface area contributed by atoms with Crippen LogP contribution in [0.25, 0.3) is 0 Å². The third-order valence-electron chi connectivity index (χ3n) is 3.67. The first kappa shape index (κ1) is 17.9. The minimum atomic E-state index is 0.585. The van der Waals surface area contributed by atoms with Crippen LogP contribution in [0, 0.1) is 0 Å². The van der Waals surface area contributed by atoms with Crippen LogP contribution in [0.2, 0.25) is 0 Å². The van der Waals surface area contributed by atoms with Gasteiger partial charge in [-0.1, -0.05) is 34.6 Å². The molecule has 0 rings (SSSR count). The van der Waals surface area contributed by atoms with E-state index in [1.54, 1.807) is 0 Å². The van der Waals surface area contributed by atoms with Crippen LogP contribution in [0.1, 0.15) is 48.0 Å². The van der Waals surface area contributed by atoms with Crippen LogP contribution < -0.4 is 5.32 Å². The van der Waals surface area contributed by atoms with E-state index in [4.69, 9.17) is 0 Å². The average Bonchev–Trinajstić information content (AvgIpc) is 2.36. The summed E-state index contributed by atoms with van der Waals surface area (Å²) < 4.78 is 0. The summed E-state index contributed by atoms with van der Waals surface area (Å²) in [5.74, 6) is 0. The number of likely N-dealkylation sites (N-methyl/N-ethyl adjacent to an activating group) is 1. The Morgan fingerprint density at radius 2 is 1.50 bits per heavy atom. The second-order valence-electron chi connectivity index (χ2n) is 5.42. The Kier molecular flexibility index (Phi) is 10.7. The maximum atomic E-state index is 3.53. The van der Waals surface area contributed by atoms with Crippen molar-refractivity contribution in [2.24, 2.45) is 0 Å². The van der Waals surface area contributed by atoms with Crippen LogP contribution in [0.15, 0.2) is 0 Å². The van der Waals surface area contributed by atoms with Crippen molar-refractivity contribution in [1.82, 2.24) is 15.1 Å². The van der Waals surface area contributed by atoms with Crippen LogP contribution in [-0.4, -0.2) is 61.2 Å². The molecule has 0 radical (unpaired) electrons. The zero-order valence-corrected chi connectivity index (χ0v) is 13.5. The molecule has 0 fully saturated rings. The zero-order valence-electron chi connectivity index (χ0n) is 13.5. The Hall–Kier alpha value is -0.120. The summed E-state index contributed by atoms with van der Waals surface area (Å²) in [6.45, 7) is 20.6. The third-order valence-corrected chi connectivity index (χ3v) is 3.67.